The Bertz CT molecular complexity index is 973. The molecule has 10 heteroatoms. The Hall–Kier alpha value is -2.04. The highest BCUT2D eigenvalue weighted by Crippen LogP contribution is 2.23. The summed E-state index contributed by atoms with van der Waals surface area (Å²) in [6.45, 7) is 1.57. The van der Waals surface area contributed by atoms with Gasteiger partial charge >= 0.3 is 0 Å². The van der Waals surface area contributed by atoms with Gasteiger partial charge in [0, 0.05) is 0 Å². The van der Waals surface area contributed by atoms with Crippen LogP contribution in [-0.4, -0.2) is 16.8 Å². The first-order chi connectivity index (χ1) is 10.5. The maximum Gasteiger partial charge on any atom is 0.264 e. The highest BCUT2D eigenvalue weighted by Gasteiger charge is 2.21. The summed E-state index contributed by atoms with van der Waals surface area (Å²) >= 11 is 0. The van der Waals surface area contributed by atoms with Crippen LogP contribution >= 0.6 is 0 Å². The van der Waals surface area contributed by atoms with E-state index in [4.69, 9.17) is 5.14 Å². The number of nitrogens with one attached hydrogen (secondary N) is 1. The van der Waals surface area contributed by atoms with E-state index in [9.17, 15) is 25.6 Å². The van der Waals surface area contributed by atoms with E-state index < -0.39 is 47.2 Å². The van der Waals surface area contributed by atoms with Crippen LogP contribution in [0.5, 0.6) is 0 Å². The SMILES string of the molecule is Cc1ccc(F)c(S(=O)(=O)Nc2ccc(S(N)(=O)=O)cc2F)c1. The summed E-state index contributed by atoms with van der Waals surface area (Å²) in [7, 11) is -8.51. The summed E-state index contributed by atoms with van der Waals surface area (Å²) < 4.78 is 75.9. The maximum atomic E-state index is 13.9. The largest absolute Gasteiger partial charge is 0.277 e. The number of primary sulfonamides is 1. The van der Waals surface area contributed by atoms with Crippen LogP contribution in [0.15, 0.2) is 46.2 Å². The number of sulfonamides is 2. The van der Waals surface area contributed by atoms with Crippen LogP contribution in [-0.2, 0) is 20.0 Å². The minimum absolute atomic E-state index is 0.497. The van der Waals surface area contributed by atoms with Gasteiger partial charge < -0.3 is 0 Å². The second-order valence-corrected chi connectivity index (χ2v) is 7.94. The molecule has 0 aromatic heterocycles. The van der Waals surface area contributed by atoms with Crippen molar-refractivity contribution in [1.29, 1.82) is 0 Å². The van der Waals surface area contributed by atoms with Crippen molar-refractivity contribution in [3.8, 4) is 0 Å². The minimum Gasteiger partial charge on any atom is -0.277 e. The predicted octanol–water partition coefficient (Wildman–Crippen LogP) is 1.72. The van der Waals surface area contributed by atoms with E-state index in [0.29, 0.717) is 11.6 Å². The van der Waals surface area contributed by atoms with E-state index in [1.54, 1.807) is 6.92 Å². The Morgan fingerprint density at radius 1 is 0.957 bits per heavy atom. The molecule has 0 fully saturated rings. The lowest BCUT2D eigenvalue weighted by molar-refractivity contribution is 0.569. The van der Waals surface area contributed by atoms with Crippen molar-refractivity contribution in [1.82, 2.24) is 0 Å². The van der Waals surface area contributed by atoms with Gasteiger partial charge in [-0.2, -0.15) is 0 Å². The zero-order valence-corrected chi connectivity index (χ0v) is 13.4. The molecule has 0 atom stereocenters. The highest BCUT2D eigenvalue weighted by atomic mass is 32.2. The summed E-state index contributed by atoms with van der Waals surface area (Å²) in [6, 6.07) is 5.84. The van der Waals surface area contributed by atoms with Crippen molar-refractivity contribution in [2.45, 2.75) is 16.7 Å². The summed E-state index contributed by atoms with van der Waals surface area (Å²) in [5.74, 6) is -2.15. The number of benzene rings is 2. The molecule has 6 nitrogen and oxygen atoms in total. The van der Waals surface area contributed by atoms with Crippen LogP contribution < -0.4 is 9.86 Å². The summed E-state index contributed by atoms with van der Waals surface area (Å²) in [6.07, 6.45) is 0. The molecule has 0 unspecified atom stereocenters. The number of aryl methyl sites for hydroxylation is 1. The molecule has 23 heavy (non-hydrogen) atoms. The van der Waals surface area contributed by atoms with E-state index in [1.807, 2.05) is 4.72 Å². The van der Waals surface area contributed by atoms with Crippen LogP contribution in [0.1, 0.15) is 5.56 Å². The smallest absolute Gasteiger partial charge is 0.264 e. The lowest BCUT2D eigenvalue weighted by Crippen LogP contribution is -2.17. The van der Waals surface area contributed by atoms with Crippen LogP contribution in [0.4, 0.5) is 14.5 Å². The first-order valence-electron chi connectivity index (χ1n) is 6.12. The molecule has 2 aromatic carbocycles. The molecule has 0 amide bonds. The molecule has 0 bridgehead atoms. The minimum atomic E-state index is -4.38. The van der Waals surface area contributed by atoms with Gasteiger partial charge in [-0.3, -0.25) is 4.72 Å². The number of rotatable bonds is 4. The van der Waals surface area contributed by atoms with E-state index in [1.165, 1.54) is 6.07 Å². The van der Waals surface area contributed by atoms with Crippen molar-refractivity contribution in [3.05, 3.63) is 53.6 Å². The fourth-order valence-electron chi connectivity index (χ4n) is 1.77. The molecular weight excluding hydrogens is 350 g/mol. The Labute approximate surface area is 132 Å². The second-order valence-electron chi connectivity index (χ2n) is 4.73. The zero-order valence-electron chi connectivity index (χ0n) is 11.7. The number of nitrogens with two attached hydrogens (primary N) is 1. The van der Waals surface area contributed by atoms with Gasteiger partial charge in [0.25, 0.3) is 10.0 Å². The molecule has 0 heterocycles. The third kappa shape index (κ3) is 3.84. The van der Waals surface area contributed by atoms with Crippen LogP contribution in [0.25, 0.3) is 0 Å². The third-order valence-electron chi connectivity index (χ3n) is 2.89. The Kier molecular flexibility index (Phi) is 4.42. The Morgan fingerprint density at radius 2 is 1.61 bits per heavy atom. The number of hydrogen-bond acceptors (Lipinski definition) is 4. The van der Waals surface area contributed by atoms with Gasteiger partial charge in [0.05, 0.1) is 10.6 Å². The normalized spacial score (nSPS) is 12.2. The predicted molar refractivity (Wildman–Crippen MR) is 79.7 cm³/mol. The fourth-order valence-corrected chi connectivity index (χ4v) is 3.53. The van der Waals surface area contributed by atoms with E-state index >= 15 is 0 Å². The molecule has 124 valence electrons. The molecule has 0 radical (unpaired) electrons. The van der Waals surface area contributed by atoms with Gasteiger partial charge in [0.15, 0.2) is 0 Å². The zero-order chi connectivity index (χ0) is 17.4. The number of hydrogen-bond donors (Lipinski definition) is 2. The second kappa shape index (κ2) is 5.87. The summed E-state index contributed by atoms with van der Waals surface area (Å²) in [5.41, 5.74) is -0.0323. The molecule has 0 spiro atoms. The van der Waals surface area contributed by atoms with Crippen molar-refractivity contribution >= 4 is 25.7 Å². The van der Waals surface area contributed by atoms with Crippen molar-refractivity contribution in [3.63, 3.8) is 0 Å². The topological polar surface area (TPSA) is 106 Å². The van der Waals surface area contributed by atoms with Gasteiger partial charge in [-0.1, -0.05) is 6.07 Å². The average molecular weight is 362 g/mol. The number of halogens is 2. The quantitative estimate of drug-likeness (QED) is 0.864. The van der Waals surface area contributed by atoms with Crippen molar-refractivity contribution < 1.29 is 25.6 Å². The summed E-state index contributed by atoms with van der Waals surface area (Å²) in [4.78, 5) is -1.16. The van der Waals surface area contributed by atoms with Gasteiger partial charge in [-0.05, 0) is 42.8 Å². The van der Waals surface area contributed by atoms with Gasteiger partial charge in [0.1, 0.15) is 16.5 Å². The Morgan fingerprint density at radius 3 is 2.17 bits per heavy atom. The van der Waals surface area contributed by atoms with Crippen molar-refractivity contribution in [2.75, 3.05) is 4.72 Å². The monoisotopic (exact) mass is 362 g/mol. The van der Waals surface area contributed by atoms with Crippen LogP contribution in [0, 0.1) is 18.6 Å². The van der Waals surface area contributed by atoms with Crippen LogP contribution in [0.3, 0.4) is 0 Å². The molecule has 0 aliphatic rings. The standard InChI is InChI=1S/C13H12F2N2O4S2/c1-8-2-4-10(14)13(6-8)23(20,21)17-12-5-3-9(7-11(12)15)22(16,18)19/h2-7,17H,1H3,(H2,16,18,19). The molecular formula is C13H12F2N2O4S2. The van der Waals surface area contributed by atoms with Gasteiger partial charge in [0.2, 0.25) is 10.0 Å². The summed E-state index contributed by atoms with van der Waals surface area (Å²) in [5, 5.41) is 4.85. The van der Waals surface area contributed by atoms with E-state index in [2.05, 4.69) is 0 Å². The lowest BCUT2D eigenvalue weighted by atomic mass is 10.2. The highest BCUT2D eigenvalue weighted by molar-refractivity contribution is 7.92. The lowest BCUT2D eigenvalue weighted by Gasteiger charge is -2.11. The Balaban J connectivity index is 2.44. The third-order valence-corrected chi connectivity index (χ3v) is 5.18. The average Bonchev–Trinajstić information content (AvgIpc) is 2.42. The molecule has 0 saturated carbocycles. The molecule has 2 rings (SSSR count). The van der Waals surface area contributed by atoms with Gasteiger partial charge in [-0.25, -0.2) is 30.8 Å². The van der Waals surface area contributed by atoms with E-state index in [-0.39, 0.29) is 0 Å². The molecule has 0 aliphatic carbocycles. The maximum absolute atomic E-state index is 13.9. The number of anilines is 1. The molecule has 0 saturated heterocycles. The van der Waals surface area contributed by atoms with Gasteiger partial charge in [-0.15, -0.1) is 0 Å². The van der Waals surface area contributed by atoms with Crippen LogP contribution in [0.2, 0.25) is 0 Å². The molecule has 3 N–H and O–H groups in total. The fraction of sp³-hybridized carbons (Fsp3) is 0.0769. The first-order valence-corrected chi connectivity index (χ1v) is 9.15. The molecule has 0 aliphatic heterocycles. The molecule has 2 aromatic rings. The van der Waals surface area contributed by atoms with Crippen molar-refractivity contribution in [2.24, 2.45) is 5.14 Å². The first kappa shape index (κ1) is 17.3. The van der Waals surface area contributed by atoms with E-state index in [0.717, 1.165) is 24.3 Å².